The molecule has 0 aliphatic heterocycles. The van der Waals surface area contributed by atoms with Crippen LogP contribution in [0.1, 0.15) is 12.8 Å². The third kappa shape index (κ3) is 5.13. The van der Waals surface area contributed by atoms with Crippen LogP contribution in [0.25, 0.3) is 0 Å². The van der Waals surface area contributed by atoms with Gasteiger partial charge in [-0.2, -0.15) is 0 Å². The molecule has 0 spiro atoms. The van der Waals surface area contributed by atoms with E-state index < -0.39 is 0 Å². The van der Waals surface area contributed by atoms with E-state index in [1.165, 1.54) is 16.7 Å². The van der Waals surface area contributed by atoms with Gasteiger partial charge in [0.2, 0.25) is 11.8 Å². The molecule has 1 aromatic carbocycles. The summed E-state index contributed by atoms with van der Waals surface area (Å²) in [5.41, 5.74) is 6.29. The minimum Gasteiger partial charge on any atom is -0.399 e. The Morgan fingerprint density at radius 1 is 1.48 bits per heavy atom. The number of nitrogens with two attached hydrogens (primary N) is 1. The molecule has 0 heterocycles. The smallest absolute Gasteiger partial charge is 0.239 e. The van der Waals surface area contributed by atoms with Crippen molar-refractivity contribution in [2.24, 2.45) is 0 Å². The second-order valence-electron chi connectivity index (χ2n) is 5.07. The first kappa shape index (κ1) is 16.0. The van der Waals surface area contributed by atoms with Crippen LogP contribution in [0.4, 0.5) is 5.69 Å². The van der Waals surface area contributed by atoms with Crippen LogP contribution in [0.3, 0.4) is 0 Å². The standard InChI is InChI=1S/C14H18ClN3O2S/c1-18(7-13(19)17-10-3-4-10)14(20)8-21-12-6-9(16)2-5-11(12)15/h2,5-6,10H,3-4,7-8,16H2,1H3,(H,17,19). The number of benzene rings is 1. The van der Waals surface area contributed by atoms with Crippen molar-refractivity contribution in [2.75, 3.05) is 25.1 Å². The van der Waals surface area contributed by atoms with Crippen molar-refractivity contribution in [3.63, 3.8) is 0 Å². The highest BCUT2D eigenvalue weighted by Gasteiger charge is 2.24. The van der Waals surface area contributed by atoms with Gasteiger partial charge in [-0.15, -0.1) is 11.8 Å². The number of anilines is 1. The van der Waals surface area contributed by atoms with Gasteiger partial charge in [-0.25, -0.2) is 0 Å². The molecule has 0 unspecified atom stereocenters. The molecular formula is C14H18ClN3O2S. The molecule has 3 N–H and O–H groups in total. The van der Waals surface area contributed by atoms with E-state index in [4.69, 9.17) is 17.3 Å². The van der Waals surface area contributed by atoms with Crippen LogP contribution in [0.2, 0.25) is 5.02 Å². The molecule has 5 nitrogen and oxygen atoms in total. The number of hydrogen-bond donors (Lipinski definition) is 2. The number of carbonyl (C=O) groups is 2. The monoisotopic (exact) mass is 327 g/mol. The molecule has 0 saturated heterocycles. The quantitative estimate of drug-likeness (QED) is 0.616. The zero-order chi connectivity index (χ0) is 15.4. The fourth-order valence-corrected chi connectivity index (χ4v) is 2.89. The summed E-state index contributed by atoms with van der Waals surface area (Å²) >= 11 is 7.36. The van der Waals surface area contributed by atoms with Gasteiger partial charge in [0.25, 0.3) is 0 Å². The highest BCUT2D eigenvalue weighted by molar-refractivity contribution is 8.00. The van der Waals surface area contributed by atoms with Gasteiger partial charge in [0.05, 0.1) is 17.3 Å². The number of nitrogen functional groups attached to an aromatic ring is 1. The number of nitrogens with one attached hydrogen (secondary N) is 1. The third-order valence-electron chi connectivity index (χ3n) is 3.06. The average molecular weight is 328 g/mol. The van der Waals surface area contributed by atoms with E-state index in [1.54, 1.807) is 25.2 Å². The number of rotatable bonds is 6. The first-order valence-corrected chi connectivity index (χ1v) is 8.03. The van der Waals surface area contributed by atoms with Crippen LogP contribution < -0.4 is 11.1 Å². The molecule has 2 amide bonds. The predicted octanol–water partition coefficient (Wildman–Crippen LogP) is 1.75. The second kappa shape index (κ2) is 7.04. The van der Waals surface area contributed by atoms with Gasteiger partial charge in [-0.1, -0.05) is 11.6 Å². The number of amides is 2. The molecule has 1 fully saturated rings. The number of carbonyl (C=O) groups excluding carboxylic acids is 2. The number of hydrogen-bond acceptors (Lipinski definition) is 4. The number of nitrogens with zero attached hydrogens (tertiary/aromatic N) is 1. The molecule has 0 atom stereocenters. The third-order valence-corrected chi connectivity index (χ3v) is 4.54. The molecular weight excluding hydrogens is 310 g/mol. The van der Waals surface area contributed by atoms with Crippen molar-refractivity contribution in [2.45, 2.75) is 23.8 Å². The second-order valence-corrected chi connectivity index (χ2v) is 6.49. The Morgan fingerprint density at radius 2 is 2.19 bits per heavy atom. The summed E-state index contributed by atoms with van der Waals surface area (Å²) in [5, 5.41) is 3.42. The van der Waals surface area contributed by atoms with Crippen LogP contribution in [0.5, 0.6) is 0 Å². The topological polar surface area (TPSA) is 75.4 Å². The van der Waals surface area contributed by atoms with Gasteiger partial charge in [0.15, 0.2) is 0 Å². The summed E-state index contributed by atoms with van der Waals surface area (Å²) in [5.74, 6) is -0.0131. The van der Waals surface area contributed by atoms with Gasteiger partial charge in [0, 0.05) is 23.7 Å². The Morgan fingerprint density at radius 3 is 2.86 bits per heavy atom. The Bertz CT molecular complexity index is 549. The Kier molecular flexibility index (Phi) is 5.36. The normalized spacial score (nSPS) is 13.8. The van der Waals surface area contributed by atoms with Crippen molar-refractivity contribution in [3.8, 4) is 0 Å². The highest BCUT2D eigenvalue weighted by atomic mass is 35.5. The first-order chi connectivity index (χ1) is 9.95. The van der Waals surface area contributed by atoms with Crippen molar-refractivity contribution in [1.29, 1.82) is 0 Å². The van der Waals surface area contributed by atoms with Gasteiger partial charge in [-0.05, 0) is 31.0 Å². The maximum Gasteiger partial charge on any atom is 0.239 e. The lowest BCUT2D eigenvalue weighted by Gasteiger charge is -2.16. The molecule has 1 saturated carbocycles. The fourth-order valence-electron chi connectivity index (χ4n) is 1.68. The summed E-state index contributed by atoms with van der Waals surface area (Å²) in [7, 11) is 1.62. The zero-order valence-corrected chi connectivity index (χ0v) is 13.3. The van der Waals surface area contributed by atoms with Crippen molar-refractivity contribution >= 4 is 40.9 Å². The molecule has 1 aliphatic carbocycles. The predicted molar refractivity (Wildman–Crippen MR) is 85.4 cm³/mol. The van der Waals surface area contributed by atoms with Crippen molar-refractivity contribution in [1.82, 2.24) is 10.2 Å². The maximum absolute atomic E-state index is 12.0. The van der Waals surface area contributed by atoms with Crippen molar-refractivity contribution in [3.05, 3.63) is 23.2 Å². The number of halogens is 1. The lowest BCUT2D eigenvalue weighted by Crippen LogP contribution is -2.39. The molecule has 1 aromatic rings. The summed E-state index contributed by atoms with van der Waals surface area (Å²) in [6, 6.07) is 5.46. The number of likely N-dealkylation sites (N-methyl/N-ethyl adjacent to an activating group) is 1. The summed E-state index contributed by atoms with van der Waals surface area (Å²) in [4.78, 5) is 25.8. The van der Waals surface area contributed by atoms with E-state index in [0.29, 0.717) is 16.8 Å². The molecule has 0 aromatic heterocycles. The molecule has 2 rings (SSSR count). The van der Waals surface area contributed by atoms with Crippen LogP contribution >= 0.6 is 23.4 Å². The van der Waals surface area contributed by atoms with Crippen LogP contribution in [0, 0.1) is 0 Å². The van der Waals surface area contributed by atoms with E-state index in [9.17, 15) is 9.59 Å². The van der Waals surface area contributed by atoms with E-state index in [-0.39, 0.29) is 24.1 Å². The minimum atomic E-state index is -0.121. The summed E-state index contributed by atoms with van der Waals surface area (Å²) < 4.78 is 0. The fraction of sp³-hybridized carbons (Fsp3) is 0.429. The van der Waals surface area contributed by atoms with Crippen LogP contribution in [-0.4, -0.2) is 42.1 Å². The van der Waals surface area contributed by atoms with E-state index in [1.807, 2.05) is 0 Å². The largest absolute Gasteiger partial charge is 0.399 e. The van der Waals surface area contributed by atoms with Crippen LogP contribution in [-0.2, 0) is 9.59 Å². The summed E-state index contributed by atoms with van der Waals surface area (Å²) in [6.07, 6.45) is 2.07. The Hall–Kier alpha value is -1.40. The van der Waals surface area contributed by atoms with Gasteiger partial charge in [0.1, 0.15) is 0 Å². The molecule has 0 radical (unpaired) electrons. The Balaban J connectivity index is 1.79. The SMILES string of the molecule is CN(CC(=O)NC1CC1)C(=O)CSc1cc(N)ccc1Cl. The lowest BCUT2D eigenvalue weighted by molar-refractivity contribution is -0.132. The average Bonchev–Trinajstić information content (AvgIpc) is 3.23. The molecule has 1 aliphatic rings. The Labute approximate surface area is 133 Å². The van der Waals surface area contributed by atoms with E-state index in [0.717, 1.165) is 17.7 Å². The molecule has 0 bridgehead atoms. The maximum atomic E-state index is 12.0. The van der Waals surface area contributed by atoms with E-state index in [2.05, 4.69) is 5.32 Å². The minimum absolute atomic E-state index is 0.0839. The van der Waals surface area contributed by atoms with Gasteiger partial charge in [-0.3, -0.25) is 9.59 Å². The first-order valence-electron chi connectivity index (χ1n) is 6.67. The molecule has 7 heteroatoms. The van der Waals surface area contributed by atoms with Gasteiger partial charge < -0.3 is 16.0 Å². The summed E-state index contributed by atoms with van der Waals surface area (Å²) in [6.45, 7) is 0.0839. The zero-order valence-electron chi connectivity index (χ0n) is 11.8. The molecule has 114 valence electrons. The van der Waals surface area contributed by atoms with Crippen molar-refractivity contribution < 1.29 is 9.59 Å². The molecule has 21 heavy (non-hydrogen) atoms. The van der Waals surface area contributed by atoms with Crippen LogP contribution in [0.15, 0.2) is 23.1 Å². The van der Waals surface area contributed by atoms with E-state index >= 15 is 0 Å². The van der Waals surface area contributed by atoms with Gasteiger partial charge >= 0.3 is 0 Å². The lowest BCUT2D eigenvalue weighted by atomic mass is 10.3. The number of thioether (sulfide) groups is 1. The highest BCUT2D eigenvalue weighted by Crippen LogP contribution is 2.29.